The van der Waals surface area contributed by atoms with Crippen LogP contribution in [0.3, 0.4) is 0 Å². The molecule has 10 bridgehead atoms. The largest absolute Gasteiger partial charge is 0.444 e. The Kier molecular flexibility index (Phi) is 18.5. The summed E-state index contributed by atoms with van der Waals surface area (Å²) in [4.78, 5) is 137. The Labute approximate surface area is 533 Å². The van der Waals surface area contributed by atoms with E-state index < -0.39 is 35.1 Å². The van der Waals surface area contributed by atoms with Gasteiger partial charge in [-0.3, -0.25) is 48.2 Å². The fraction of sp³-hybridized carbons (Fsp3) is 0.486. The van der Waals surface area contributed by atoms with Crippen LogP contribution in [0.15, 0.2) is 143 Å². The first-order chi connectivity index (χ1) is 44.2. The number of likely N-dealkylation sites (tertiary alicyclic amines) is 1. The van der Waals surface area contributed by atoms with E-state index in [0.717, 1.165) is 62.3 Å². The van der Waals surface area contributed by atoms with Gasteiger partial charge in [-0.1, -0.05) is 91.1 Å². The van der Waals surface area contributed by atoms with Gasteiger partial charge in [0.05, 0.1) is 30.2 Å². The molecule has 1 aromatic heterocycles. The van der Waals surface area contributed by atoms with E-state index in [1.807, 2.05) is 57.2 Å². The van der Waals surface area contributed by atoms with Crippen molar-refractivity contribution in [2.75, 3.05) is 19.6 Å². The lowest BCUT2D eigenvalue weighted by Gasteiger charge is -2.23. The molecule has 8 amide bonds. The Morgan fingerprint density at radius 3 is 1.60 bits per heavy atom. The Balaban J connectivity index is 0.000000111. The molecule has 16 atom stereocenters. The van der Waals surface area contributed by atoms with Crippen molar-refractivity contribution in [2.24, 2.45) is 94.7 Å². The number of ether oxygens (including phenoxy) is 2. The number of fused-ring (bicyclic) bond motifs is 14. The average molecular weight is 1250 g/mol. The van der Waals surface area contributed by atoms with Crippen LogP contribution in [-0.2, 0) is 59.3 Å². The molecule has 13 aliphatic rings. The zero-order chi connectivity index (χ0) is 64.5. The number of hydroxylamine groups is 2. The summed E-state index contributed by atoms with van der Waals surface area (Å²) in [7, 11) is 0. The molecule has 482 valence electrons. The number of hydrogen-bond acceptors (Lipinski definition) is 15. The molecule has 20 nitrogen and oxygen atoms in total. The summed E-state index contributed by atoms with van der Waals surface area (Å²) < 4.78 is 15.7. The van der Waals surface area contributed by atoms with Gasteiger partial charge in [0, 0.05) is 68.1 Å². The van der Waals surface area contributed by atoms with Crippen LogP contribution in [0.1, 0.15) is 97.0 Å². The van der Waals surface area contributed by atoms with E-state index in [2.05, 4.69) is 65.3 Å². The smallest absolute Gasteiger partial charge is 0.407 e. The maximum atomic E-state index is 12.5. The molecule has 16 rings (SSSR count). The van der Waals surface area contributed by atoms with Crippen LogP contribution >= 0.6 is 0 Å². The summed E-state index contributed by atoms with van der Waals surface area (Å²) in [5.41, 5.74) is 0.539. The van der Waals surface area contributed by atoms with Gasteiger partial charge in [0.1, 0.15) is 16.9 Å². The number of nitrogens with one attached hydrogen (secondary N) is 2. The van der Waals surface area contributed by atoms with Crippen LogP contribution in [0, 0.1) is 94.7 Å². The van der Waals surface area contributed by atoms with E-state index in [0.29, 0.717) is 102 Å². The first-order valence-electron chi connectivity index (χ1n) is 32.6. The number of hydrogen-bond donors (Lipinski definition) is 2. The summed E-state index contributed by atoms with van der Waals surface area (Å²) in [6, 6.07) is 17.9. The number of alkyl carbamates (subject to hydrolysis) is 1. The highest BCUT2D eigenvalue weighted by Crippen LogP contribution is 2.53. The highest BCUT2D eigenvalue weighted by molar-refractivity contribution is 6.13. The van der Waals surface area contributed by atoms with Crippen molar-refractivity contribution in [1.29, 1.82) is 0 Å². The van der Waals surface area contributed by atoms with E-state index >= 15 is 0 Å². The molecule has 92 heavy (non-hydrogen) atoms. The lowest BCUT2D eigenvalue weighted by molar-refractivity contribution is -0.201. The minimum absolute atomic E-state index is 0.0377. The summed E-state index contributed by atoms with van der Waals surface area (Å²) >= 11 is 0. The minimum atomic E-state index is -0.497. The zero-order valence-electron chi connectivity index (χ0n) is 52.0. The number of rotatable bonds is 12. The highest BCUT2D eigenvalue weighted by Gasteiger charge is 2.59. The quantitative estimate of drug-likeness (QED) is 0.0429. The fourth-order valence-electron chi connectivity index (χ4n) is 15.9. The lowest BCUT2D eigenvalue weighted by atomic mass is 9.85. The standard InChI is InChI=1S/C17H14O4.C16H15NO2.C15H24N2O3.C12H13NO4.C12H13NO2/c18-16-6-4-11-3-5-13(9-15(11)21-16)20-17(19)14-8-10-1-2-12(14)7-10;18-15-13-11-6-7-12(8-11)14(13)16(19)17(15)9-10-4-2-1-3-5-10;1-15(2,3)20-14(19)17-7-6-16-13(18)12-9-10-4-5-11(12)8-10;14-10-3-4-11(15)13(10)17-12(16)9-6-7-1-2-8(9)5-7;14-11-3-4-12(15)13(11)7-10-6-8-1-2-9(10)5-8/h1-6,9-10,12,14H,7-8H2;1-7,11-14H,8-9H2;4-5,10-12H,6-9H2,1-3H3,(H,16,18)(H,17,19);1-2,7-9H,3-6H2;1-4,8-10H,5-7H2/t10?,12?,14-;;10?,11?,12-;7?,8?,9-;8?,9?,10-/m0.001/s1. The molecule has 5 saturated carbocycles. The predicted octanol–water partition coefficient (Wildman–Crippen LogP) is 8.67. The molecule has 2 N–H and O–H groups in total. The van der Waals surface area contributed by atoms with Gasteiger partial charge in [-0.25, -0.2) is 14.4 Å². The third-order valence-electron chi connectivity index (χ3n) is 20.4. The second-order valence-electron chi connectivity index (χ2n) is 27.7. The Morgan fingerprint density at radius 1 is 0.543 bits per heavy atom. The molecule has 3 aromatic rings. The number of nitrogens with zero attached hydrogens (tertiary/aromatic N) is 3. The summed E-state index contributed by atoms with van der Waals surface area (Å²) in [5.74, 6) is 3.50. The van der Waals surface area contributed by atoms with E-state index in [1.165, 1.54) is 34.4 Å². The van der Waals surface area contributed by atoms with Crippen molar-refractivity contribution in [3.8, 4) is 5.75 Å². The van der Waals surface area contributed by atoms with Crippen LogP contribution in [0.4, 0.5) is 4.79 Å². The molecule has 0 radical (unpaired) electrons. The topological polar surface area (TPSA) is 262 Å². The van der Waals surface area contributed by atoms with Gasteiger partial charge in [0.2, 0.25) is 17.7 Å². The van der Waals surface area contributed by atoms with Crippen LogP contribution in [0.25, 0.3) is 11.0 Å². The number of allylic oxidation sites excluding steroid dienone is 10. The maximum absolute atomic E-state index is 12.5. The van der Waals surface area contributed by atoms with Gasteiger partial charge in [-0.15, -0.1) is 5.06 Å². The number of carbonyl (C=O) groups excluding carboxylic acids is 10. The van der Waals surface area contributed by atoms with Crippen molar-refractivity contribution in [3.63, 3.8) is 0 Å². The maximum Gasteiger partial charge on any atom is 0.407 e. The van der Waals surface area contributed by atoms with Crippen LogP contribution in [0.2, 0.25) is 0 Å². The third kappa shape index (κ3) is 14.1. The van der Waals surface area contributed by atoms with Crippen molar-refractivity contribution < 1.29 is 66.7 Å². The first-order valence-corrected chi connectivity index (χ1v) is 32.6. The lowest BCUT2D eigenvalue weighted by Crippen LogP contribution is -2.40. The van der Waals surface area contributed by atoms with Gasteiger partial charge in [-0.2, -0.15) is 0 Å². The fourth-order valence-corrected chi connectivity index (χ4v) is 15.9. The summed E-state index contributed by atoms with van der Waals surface area (Å²) in [6.45, 7) is 7.30. The molecule has 3 aliphatic heterocycles. The highest BCUT2D eigenvalue weighted by atomic mass is 16.7. The molecule has 0 spiro atoms. The first kappa shape index (κ1) is 63.3. The van der Waals surface area contributed by atoms with E-state index in [1.54, 1.807) is 24.3 Å². The molecular formula is C72H79N5O15. The predicted molar refractivity (Wildman–Crippen MR) is 333 cm³/mol. The Bertz CT molecular complexity index is 3620. The van der Waals surface area contributed by atoms with Gasteiger partial charge in [-0.05, 0) is 167 Å². The Morgan fingerprint density at radius 2 is 1.07 bits per heavy atom. The molecule has 20 heteroatoms. The third-order valence-corrected chi connectivity index (χ3v) is 20.4. The summed E-state index contributed by atoms with van der Waals surface area (Å²) in [6.07, 6.45) is 33.3. The van der Waals surface area contributed by atoms with E-state index in [9.17, 15) is 52.7 Å². The average Bonchev–Trinajstić information content (AvgIpc) is 1.57. The second kappa shape index (κ2) is 26.8. The van der Waals surface area contributed by atoms with Crippen molar-refractivity contribution >= 4 is 70.4 Å². The molecule has 2 saturated heterocycles. The molecule has 7 fully saturated rings. The van der Waals surface area contributed by atoms with Gasteiger partial charge >= 0.3 is 23.7 Å². The molecule has 2 aromatic carbocycles. The van der Waals surface area contributed by atoms with E-state index in [4.69, 9.17) is 18.7 Å². The monoisotopic (exact) mass is 1250 g/mol. The second-order valence-corrected chi connectivity index (χ2v) is 27.7. The Hall–Kier alpha value is -8.81. The molecule has 4 heterocycles. The van der Waals surface area contributed by atoms with Crippen LogP contribution in [0.5, 0.6) is 5.75 Å². The van der Waals surface area contributed by atoms with Gasteiger partial charge in [0.25, 0.3) is 23.6 Å². The molecule has 12 unspecified atom stereocenters. The van der Waals surface area contributed by atoms with Crippen molar-refractivity contribution in [3.05, 3.63) is 150 Å². The zero-order valence-corrected chi connectivity index (χ0v) is 52.0. The molecule has 10 aliphatic carbocycles. The number of amides is 8. The van der Waals surface area contributed by atoms with Crippen molar-refractivity contribution in [2.45, 2.75) is 104 Å². The molecular weight excluding hydrogens is 1170 g/mol. The summed E-state index contributed by atoms with van der Waals surface area (Å²) in [5, 5.41) is 6.95. The van der Waals surface area contributed by atoms with Crippen molar-refractivity contribution in [1.82, 2.24) is 25.5 Å². The van der Waals surface area contributed by atoms with Gasteiger partial charge < -0.3 is 29.4 Å². The number of benzene rings is 2. The number of esters is 1. The minimum Gasteiger partial charge on any atom is -0.444 e. The van der Waals surface area contributed by atoms with E-state index in [-0.39, 0.29) is 83.9 Å². The van der Waals surface area contributed by atoms with Crippen LogP contribution < -0.4 is 21.0 Å². The SMILES string of the molecule is CC(C)(C)OC(=O)NCCNC(=O)[C@H]1CC2C=CC1C2.O=C(ON1C(=O)CCC1=O)[C@H]1CC2C=CC1C2.O=C(Oc1ccc2ccc(=O)oc2c1)[C@H]1CC2C=CC1C2.O=C1C2C3C=CC(C3)C2C(=O)N1Cc1ccccc1.O=C1C=CC(=O)N1C[C@H]1CC2C=CC1C2. The normalized spacial score (nSPS) is 31.8. The van der Waals surface area contributed by atoms with Gasteiger partial charge in [0.15, 0.2) is 0 Å². The van der Waals surface area contributed by atoms with Crippen LogP contribution in [-0.4, -0.2) is 99.5 Å². The number of imide groups is 3. The number of carbonyl (C=O) groups is 10.